The van der Waals surface area contributed by atoms with E-state index in [9.17, 15) is 4.79 Å². The van der Waals surface area contributed by atoms with Gasteiger partial charge in [0.05, 0.1) is 18.6 Å². The molecular formula is C19H27N5O2S. The number of hydrogen-bond acceptors (Lipinski definition) is 6. The predicted molar refractivity (Wildman–Crippen MR) is 103 cm³/mol. The lowest BCUT2D eigenvalue weighted by molar-refractivity contribution is -0.131. The second-order valence-corrected chi connectivity index (χ2v) is 8.23. The number of nitrogens with zero attached hydrogens (tertiary/aromatic N) is 4. The molecule has 4 rings (SSSR count). The van der Waals surface area contributed by atoms with Crippen molar-refractivity contribution in [1.82, 2.24) is 24.1 Å². The minimum atomic E-state index is -0.396. The number of ether oxygens (including phenoxy) is 1. The maximum Gasteiger partial charge on any atom is 0.230 e. The van der Waals surface area contributed by atoms with Gasteiger partial charge in [-0.1, -0.05) is 6.92 Å². The molecule has 146 valence electrons. The summed E-state index contributed by atoms with van der Waals surface area (Å²) in [5.74, 6) is 1.53. The fourth-order valence-corrected chi connectivity index (χ4v) is 4.86. The SMILES string of the molecule is CCc1nccn1CCCNC(=O)[C@]12COC[C@H]1CN(Cc1cnsc1)C2. The van der Waals surface area contributed by atoms with Crippen molar-refractivity contribution in [3.05, 3.63) is 35.4 Å². The number of carbonyl (C=O) groups excluding carboxylic acids is 1. The molecule has 0 aliphatic carbocycles. The summed E-state index contributed by atoms with van der Waals surface area (Å²) < 4.78 is 12.0. The lowest BCUT2D eigenvalue weighted by atomic mass is 9.80. The number of fused-ring (bicyclic) bond motifs is 1. The van der Waals surface area contributed by atoms with E-state index in [1.165, 1.54) is 17.1 Å². The molecule has 7 nitrogen and oxygen atoms in total. The first-order chi connectivity index (χ1) is 13.2. The molecule has 0 bridgehead atoms. The third-order valence-corrected chi connectivity index (χ3v) is 6.40. The number of rotatable bonds is 8. The van der Waals surface area contributed by atoms with Crippen LogP contribution in [0.2, 0.25) is 0 Å². The van der Waals surface area contributed by atoms with Crippen LogP contribution in [0.3, 0.4) is 0 Å². The maximum absolute atomic E-state index is 13.0. The van der Waals surface area contributed by atoms with Crippen molar-refractivity contribution in [3.63, 3.8) is 0 Å². The molecule has 8 heteroatoms. The Morgan fingerprint density at radius 1 is 1.52 bits per heavy atom. The number of imidazole rings is 1. The first-order valence-corrected chi connectivity index (χ1v) is 10.5. The van der Waals surface area contributed by atoms with Gasteiger partial charge in [0.2, 0.25) is 5.91 Å². The van der Waals surface area contributed by atoms with Gasteiger partial charge in [-0.25, -0.2) is 9.36 Å². The zero-order chi connectivity index (χ0) is 18.7. The first kappa shape index (κ1) is 18.6. The van der Waals surface area contributed by atoms with Crippen molar-refractivity contribution in [2.75, 3.05) is 32.8 Å². The number of aromatic nitrogens is 3. The van der Waals surface area contributed by atoms with Crippen LogP contribution in [-0.2, 0) is 29.0 Å². The van der Waals surface area contributed by atoms with Crippen molar-refractivity contribution in [1.29, 1.82) is 0 Å². The van der Waals surface area contributed by atoms with Gasteiger partial charge in [0.25, 0.3) is 0 Å². The molecule has 0 aromatic carbocycles. The molecule has 2 aromatic heterocycles. The molecule has 2 saturated heterocycles. The van der Waals surface area contributed by atoms with Gasteiger partial charge < -0.3 is 14.6 Å². The first-order valence-electron chi connectivity index (χ1n) is 9.68. The van der Waals surface area contributed by atoms with E-state index in [1.54, 1.807) is 0 Å². The Morgan fingerprint density at radius 3 is 3.26 bits per heavy atom. The zero-order valence-electron chi connectivity index (χ0n) is 15.8. The van der Waals surface area contributed by atoms with Crippen molar-refractivity contribution in [2.24, 2.45) is 11.3 Å². The molecule has 1 N–H and O–H groups in total. The highest BCUT2D eigenvalue weighted by Gasteiger charge is 2.55. The molecule has 2 aromatic rings. The minimum absolute atomic E-state index is 0.150. The molecule has 2 fully saturated rings. The number of amides is 1. The van der Waals surface area contributed by atoms with Crippen molar-refractivity contribution in [2.45, 2.75) is 32.9 Å². The average molecular weight is 390 g/mol. The maximum atomic E-state index is 13.0. The number of carbonyl (C=O) groups is 1. The topological polar surface area (TPSA) is 72.3 Å². The minimum Gasteiger partial charge on any atom is -0.380 e. The third-order valence-electron chi connectivity index (χ3n) is 5.77. The van der Waals surface area contributed by atoms with Crippen LogP contribution in [0, 0.1) is 11.3 Å². The van der Waals surface area contributed by atoms with Crippen molar-refractivity contribution < 1.29 is 9.53 Å². The quantitative estimate of drug-likeness (QED) is 0.694. The Labute approximate surface area is 163 Å². The van der Waals surface area contributed by atoms with E-state index in [1.807, 2.05) is 18.6 Å². The molecule has 0 unspecified atom stereocenters. The Morgan fingerprint density at radius 2 is 2.44 bits per heavy atom. The van der Waals surface area contributed by atoms with Gasteiger partial charge in [-0.3, -0.25) is 9.69 Å². The molecule has 1 amide bonds. The van der Waals surface area contributed by atoms with E-state index in [-0.39, 0.29) is 11.8 Å². The van der Waals surface area contributed by atoms with Crippen LogP contribution in [0.5, 0.6) is 0 Å². The Bertz CT molecular complexity index is 762. The third kappa shape index (κ3) is 3.79. The molecule has 0 saturated carbocycles. The van der Waals surface area contributed by atoms with Crippen molar-refractivity contribution in [3.8, 4) is 0 Å². The number of aryl methyl sites for hydroxylation is 2. The molecule has 0 radical (unpaired) electrons. The summed E-state index contributed by atoms with van der Waals surface area (Å²) in [7, 11) is 0. The highest BCUT2D eigenvalue weighted by Crippen LogP contribution is 2.42. The highest BCUT2D eigenvalue weighted by atomic mass is 32.1. The summed E-state index contributed by atoms with van der Waals surface area (Å²) in [6.07, 6.45) is 7.60. The lowest BCUT2D eigenvalue weighted by Crippen LogP contribution is -2.47. The molecule has 2 aliphatic heterocycles. The largest absolute Gasteiger partial charge is 0.380 e. The van der Waals surface area contributed by atoms with E-state index in [0.29, 0.717) is 19.8 Å². The van der Waals surface area contributed by atoms with Crippen LogP contribution in [0.4, 0.5) is 0 Å². The van der Waals surface area contributed by atoms with Gasteiger partial charge >= 0.3 is 0 Å². The molecule has 2 atom stereocenters. The van der Waals surface area contributed by atoms with Crippen LogP contribution < -0.4 is 5.32 Å². The van der Waals surface area contributed by atoms with Gasteiger partial charge in [-0.2, -0.15) is 0 Å². The van der Waals surface area contributed by atoms with Crippen LogP contribution in [-0.4, -0.2) is 57.6 Å². The average Bonchev–Trinajstić information content (AvgIpc) is 3.42. The van der Waals surface area contributed by atoms with Crippen LogP contribution in [0.25, 0.3) is 0 Å². The smallest absolute Gasteiger partial charge is 0.230 e. The molecule has 27 heavy (non-hydrogen) atoms. The van der Waals surface area contributed by atoms with Gasteiger partial charge in [-0.15, -0.1) is 0 Å². The van der Waals surface area contributed by atoms with E-state index < -0.39 is 5.41 Å². The van der Waals surface area contributed by atoms with Crippen LogP contribution in [0.1, 0.15) is 24.7 Å². The predicted octanol–water partition coefficient (Wildman–Crippen LogP) is 1.56. The highest BCUT2D eigenvalue weighted by molar-refractivity contribution is 7.03. The monoisotopic (exact) mass is 389 g/mol. The normalized spacial score (nSPS) is 25.0. The Hall–Kier alpha value is -1.77. The number of hydrogen-bond donors (Lipinski definition) is 1. The van der Waals surface area contributed by atoms with Gasteiger partial charge in [0.1, 0.15) is 5.82 Å². The van der Waals surface area contributed by atoms with Gasteiger partial charge in [0.15, 0.2) is 0 Å². The van der Waals surface area contributed by atoms with Crippen molar-refractivity contribution >= 4 is 17.4 Å². The fraction of sp³-hybridized carbons (Fsp3) is 0.632. The summed E-state index contributed by atoms with van der Waals surface area (Å²) in [6, 6.07) is 0. The summed E-state index contributed by atoms with van der Waals surface area (Å²) in [6.45, 7) is 7.43. The molecule has 0 spiro atoms. The summed E-state index contributed by atoms with van der Waals surface area (Å²) in [5, 5.41) is 5.26. The molecule has 4 heterocycles. The van der Waals surface area contributed by atoms with Crippen LogP contribution in [0.15, 0.2) is 24.0 Å². The van der Waals surface area contributed by atoms with Gasteiger partial charge in [-0.05, 0) is 23.5 Å². The number of likely N-dealkylation sites (tertiary alicyclic amines) is 1. The summed E-state index contributed by atoms with van der Waals surface area (Å²) in [4.78, 5) is 19.7. The lowest BCUT2D eigenvalue weighted by Gasteiger charge is -2.26. The summed E-state index contributed by atoms with van der Waals surface area (Å²) >= 11 is 1.48. The zero-order valence-corrected chi connectivity index (χ0v) is 16.6. The second-order valence-electron chi connectivity index (χ2n) is 7.57. The van der Waals surface area contributed by atoms with E-state index in [4.69, 9.17) is 4.74 Å². The molecule has 2 aliphatic rings. The summed E-state index contributed by atoms with van der Waals surface area (Å²) in [5.41, 5.74) is 0.830. The van der Waals surface area contributed by atoms with Crippen LogP contribution >= 0.6 is 11.5 Å². The van der Waals surface area contributed by atoms with E-state index >= 15 is 0 Å². The molecular weight excluding hydrogens is 362 g/mol. The second kappa shape index (κ2) is 8.08. The fourth-order valence-electron chi connectivity index (χ4n) is 4.33. The standard InChI is InChI=1S/C19H27N5O2S/c1-2-17-20-5-7-24(17)6-3-4-21-18(25)19-13-23(9-15-8-22-27-12-15)10-16(19)11-26-14-19/h5,7-8,12,16H,2-4,6,9-11,13-14H2,1H3,(H,21,25)/t16-,19-/m1/s1. The number of nitrogens with one attached hydrogen (secondary N) is 1. The van der Waals surface area contributed by atoms with E-state index in [0.717, 1.165) is 44.8 Å². The Kier molecular flexibility index (Phi) is 5.56. The van der Waals surface area contributed by atoms with E-state index in [2.05, 4.69) is 36.4 Å². The Balaban J connectivity index is 1.30. The van der Waals surface area contributed by atoms with Gasteiger partial charge in [0, 0.05) is 69.0 Å².